The molecule has 1 amide bonds. The molecule has 0 unspecified atom stereocenters. The number of aromatic nitrogens is 2. The van der Waals surface area contributed by atoms with Crippen molar-refractivity contribution >= 4 is 22.6 Å². The Morgan fingerprint density at radius 1 is 1.11 bits per heavy atom. The molecule has 136 valence electrons. The predicted molar refractivity (Wildman–Crippen MR) is 101 cm³/mol. The fourth-order valence-corrected chi connectivity index (χ4v) is 2.81. The largest absolute Gasteiger partial charge is 0.497 e. The molecule has 0 aliphatic heterocycles. The second-order valence-electron chi connectivity index (χ2n) is 5.81. The summed E-state index contributed by atoms with van der Waals surface area (Å²) in [5, 5.41) is 2.87. The smallest absolute Gasteiger partial charge is 0.259 e. The molecule has 0 radical (unpaired) electrons. The third-order valence-corrected chi connectivity index (χ3v) is 4.15. The number of hydrogen-bond donors (Lipinski definition) is 2. The Kier molecular flexibility index (Phi) is 4.25. The minimum absolute atomic E-state index is 0.295. The number of hydrogen-bond acceptors (Lipinski definition) is 5. The zero-order valence-electron chi connectivity index (χ0n) is 14.8. The summed E-state index contributed by atoms with van der Waals surface area (Å²) in [6, 6.07) is 14.1. The topological polar surface area (TPSA) is 89.4 Å². The Hall–Kier alpha value is -3.74. The molecule has 0 aliphatic carbocycles. The molecule has 0 saturated carbocycles. The highest BCUT2D eigenvalue weighted by Gasteiger charge is 2.15. The molecule has 0 aliphatic rings. The molecule has 27 heavy (non-hydrogen) atoms. The average molecular weight is 363 g/mol. The first-order valence-corrected chi connectivity index (χ1v) is 8.25. The van der Waals surface area contributed by atoms with Crippen molar-refractivity contribution < 1.29 is 18.7 Å². The molecule has 0 bridgehead atoms. The van der Waals surface area contributed by atoms with Crippen molar-refractivity contribution in [1.29, 1.82) is 0 Å². The second kappa shape index (κ2) is 6.87. The van der Waals surface area contributed by atoms with Gasteiger partial charge in [0.25, 0.3) is 5.91 Å². The van der Waals surface area contributed by atoms with Gasteiger partial charge in [0.15, 0.2) is 11.6 Å². The van der Waals surface area contributed by atoms with Crippen LogP contribution in [0.2, 0.25) is 0 Å². The first-order chi connectivity index (χ1) is 13.2. The summed E-state index contributed by atoms with van der Waals surface area (Å²) in [6.45, 7) is 0. The number of nitrogens with zero attached hydrogens (tertiary/aromatic N) is 1. The first kappa shape index (κ1) is 16.7. The Balaban J connectivity index is 1.62. The van der Waals surface area contributed by atoms with E-state index < -0.39 is 0 Å². The van der Waals surface area contributed by atoms with E-state index in [0.29, 0.717) is 34.3 Å². The van der Waals surface area contributed by atoms with Crippen LogP contribution in [0.4, 0.5) is 5.69 Å². The van der Waals surface area contributed by atoms with Crippen molar-refractivity contribution in [3.63, 3.8) is 0 Å². The highest BCUT2D eigenvalue weighted by molar-refractivity contribution is 6.07. The van der Waals surface area contributed by atoms with Gasteiger partial charge in [0, 0.05) is 5.69 Å². The SMILES string of the molecule is COc1ccc(OC)c(C(=O)Nc2ccc3nc(-c4ccco4)[nH]c3c2)c1. The van der Waals surface area contributed by atoms with E-state index in [4.69, 9.17) is 13.9 Å². The van der Waals surface area contributed by atoms with Crippen LogP contribution in [0.3, 0.4) is 0 Å². The van der Waals surface area contributed by atoms with Gasteiger partial charge in [-0.2, -0.15) is 0 Å². The molecule has 4 rings (SSSR count). The lowest BCUT2D eigenvalue weighted by molar-refractivity contribution is 0.102. The average Bonchev–Trinajstić information content (AvgIpc) is 3.36. The summed E-state index contributed by atoms with van der Waals surface area (Å²) < 4.78 is 15.8. The van der Waals surface area contributed by atoms with Gasteiger partial charge in [0.05, 0.1) is 37.1 Å². The number of methoxy groups -OCH3 is 2. The van der Waals surface area contributed by atoms with E-state index >= 15 is 0 Å². The van der Waals surface area contributed by atoms with Gasteiger partial charge in [-0.15, -0.1) is 0 Å². The number of anilines is 1. The summed E-state index contributed by atoms with van der Waals surface area (Å²) in [4.78, 5) is 20.4. The Bertz CT molecular complexity index is 1100. The number of H-pyrrole nitrogens is 1. The van der Waals surface area contributed by atoms with Crippen LogP contribution >= 0.6 is 0 Å². The lowest BCUT2D eigenvalue weighted by Crippen LogP contribution is -2.13. The van der Waals surface area contributed by atoms with Crippen LogP contribution in [0, 0.1) is 0 Å². The van der Waals surface area contributed by atoms with Gasteiger partial charge < -0.3 is 24.2 Å². The summed E-state index contributed by atoms with van der Waals surface area (Å²) in [5.74, 6) is 2.03. The van der Waals surface area contributed by atoms with Crippen molar-refractivity contribution in [2.24, 2.45) is 0 Å². The number of ether oxygens (including phenoxy) is 2. The molecule has 2 aromatic carbocycles. The highest BCUT2D eigenvalue weighted by atomic mass is 16.5. The van der Waals surface area contributed by atoms with Gasteiger partial charge >= 0.3 is 0 Å². The molecular weight excluding hydrogens is 346 g/mol. The number of carbonyl (C=O) groups excluding carboxylic acids is 1. The van der Waals surface area contributed by atoms with Crippen LogP contribution in [-0.4, -0.2) is 30.1 Å². The minimum Gasteiger partial charge on any atom is -0.497 e. The lowest BCUT2D eigenvalue weighted by Gasteiger charge is -2.11. The predicted octanol–water partition coefficient (Wildman–Crippen LogP) is 4.09. The molecule has 7 nitrogen and oxygen atoms in total. The van der Waals surface area contributed by atoms with Crippen LogP contribution in [0.15, 0.2) is 59.2 Å². The third kappa shape index (κ3) is 3.22. The van der Waals surface area contributed by atoms with E-state index in [-0.39, 0.29) is 5.91 Å². The molecule has 7 heteroatoms. The van der Waals surface area contributed by atoms with Gasteiger partial charge in [-0.05, 0) is 48.5 Å². The van der Waals surface area contributed by atoms with Gasteiger partial charge in [-0.1, -0.05) is 0 Å². The molecule has 0 atom stereocenters. The van der Waals surface area contributed by atoms with E-state index in [1.807, 2.05) is 18.2 Å². The number of nitrogens with one attached hydrogen (secondary N) is 2. The molecule has 2 heterocycles. The van der Waals surface area contributed by atoms with Crippen molar-refractivity contribution in [2.75, 3.05) is 19.5 Å². The zero-order chi connectivity index (χ0) is 18.8. The number of amides is 1. The summed E-state index contributed by atoms with van der Waals surface area (Å²) >= 11 is 0. The van der Waals surface area contributed by atoms with Crippen LogP contribution in [0.1, 0.15) is 10.4 Å². The maximum absolute atomic E-state index is 12.7. The van der Waals surface area contributed by atoms with Crippen molar-refractivity contribution in [1.82, 2.24) is 9.97 Å². The van der Waals surface area contributed by atoms with Gasteiger partial charge in [-0.25, -0.2) is 4.98 Å². The van der Waals surface area contributed by atoms with E-state index in [0.717, 1.165) is 11.0 Å². The summed E-state index contributed by atoms with van der Waals surface area (Å²) in [6.07, 6.45) is 1.59. The van der Waals surface area contributed by atoms with Crippen LogP contribution in [0.5, 0.6) is 11.5 Å². The van der Waals surface area contributed by atoms with Gasteiger partial charge in [0.1, 0.15) is 11.5 Å². The second-order valence-corrected chi connectivity index (χ2v) is 5.81. The molecule has 4 aromatic rings. The van der Waals surface area contributed by atoms with Crippen molar-refractivity contribution in [3.8, 4) is 23.1 Å². The third-order valence-electron chi connectivity index (χ3n) is 4.15. The molecular formula is C20H17N3O4. The van der Waals surface area contributed by atoms with Crippen LogP contribution in [-0.2, 0) is 0 Å². The van der Waals surface area contributed by atoms with Crippen LogP contribution < -0.4 is 14.8 Å². The number of carbonyl (C=O) groups is 1. The number of rotatable bonds is 5. The number of furan rings is 1. The Labute approximate surface area is 154 Å². The molecule has 2 N–H and O–H groups in total. The first-order valence-electron chi connectivity index (χ1n) is 8.25. The van der Waals surface area contributed by atoms with Crippen molar-refractivity contribution in [3.05, 3.63) is 60.4 Å². The van der Waals surface area contributed by atoms with E-state index in [2.05, 4.69) is 15.3 Å². The maximum atomic E-state index is 12.7. The van der Waals surface area contributed by atoms with Crippen LogP contribution in [0.25, 0.3) is 22.6 Å². The van der Waals surface area contributed by atoms with Gasteiger partial charge in [-0.3, -0.25) is 4.79 Å². The summed E-state index contributed by atoms with van der Waals surface area (Å²) in [7, 11) is 3.07. The fourth-order valence-electron chi connectivity index (χ4n) is 2.81. The highest BCUT2D eigenvalue weighted by Crippen LogP contribution is 2.26. The minimum atomic E-state index is -0.295. The Morgan fingerprint density at radius 2 is 2.00 bits per heavy atom. The monoisotopic (exact) mass is 363 g/mol. The standard InChI is InChI=1S/C20H17N3O4/c1-25-13-6-8-17(26-2)14(11-13)20(24)21-12-5-7-15-16(10-12)23-19(22-15)18-4-3-9-27-18/h3-11H,1-2H3,(H,21,24)(H,22,23). The molecule has 2 aromatic heterocycles. The normalized spacial score (nSPS) is 10.7. The number of benzene rings is 2. The van der Waals surface area contributed by atoms with Crippen molar-refractivity contribution in [2.45, 2.75) is 0 Å². The zero-order valence-corrected chi connectivity index (χ0v) is 14.8. The number of imidazole rings is 1. The molecule has 0 saturated heterocycles. The van der Waals surface area contributed by atoms with Gasteiger partial charge in [0.2, 0.25) is 0 Å². The maximum Gasteiger partial charge on any atom is 0.259 e. The lowest BCUT2D eigenvalue weighted by atomic mass is 10.1. The number of aromatic amines is 1. The van der Waals surface area contributed by atoms with E-state index in [9.17, 15) is 4.79 Å². The Morgan fingerprint density at radius 3 is 2.74 bits per heavy atom. The molecule has 0 spiro atoms. The fraction of sp³-hybridized carbons (Fsp3) is 0.100. The number of fused-ring (bicyclic) bond motifs is 1. The quantitative estimate of drug-likeness (QED) is 0.557. The van der Waals surface area contributed by atoms with E-state index in [1.54, 1.807) is 43.7 Å². The summed E-state index contributed by atoms with van der Waals surface area (Å²) in [5.41, 5.74) is 2.58. The van der Waals surface area contributed by atoms with E-state index in [1.165, 1.54) is 7.11 Å². The molecule has 0 fully saturated rings.